The fourth-order valence-corrected chi connectivity index (χ4v) is 1.79. The molecule has 1 aliphatic carbocycles. The molecule has 0 spiro atoms. The molecule has 1 fully saturated rings. The molecular weight excluding hydrogens is 198 g/mol. The van der Waals surface area contributed by atoms with Crippen LogP contribution in [0.3, 0.4) is 0 Å². The zero-order chi connectivity index (χ0) is 10.2. The molecule has 1 aromatic rings. The van der Waals surface area contributed by atoms with Gasteiger partial charge < -0.3 is 10.5 Å². The Morgan fingerprint density at radius 2 is 2.21 bits per heavy atom. The normalized spacial score (nSPS) is 18.2. The zero-order valence-corrected chi connectivity index (χ0v) is 8.97. The SMILES string of the molecule is COCc1ccc(C2(N)CC2)cc1Cl. The first-order valence-corrected chi connectivity index (χ1v) is 5.10. The Labute approximate surface area is 89.0 Å². The van der Waals surface area contributed by atoms with Crippen LogP contribution >= 0.6 is 11.6 Å². The first-order valence-electron chi connectivity index (χ1n) is 4.72. The van der Waals surface area contributed by atoms with Gasteiger partial charge in [0.05, 0.1) is 6.61 Å². The summed E-state index contributed by atoms with van der Waals surface area (Å²) in [5, 5.41) is 0.751. The van der Waals surface area contributed by atoms with Crippen molar-refractivity contribution in [3.8, 4) is 0 Å². The molecule has 76 valence electrons. The summed E-state index contributed by atoms with van der Waals surface area (Å²) in [7, 11) is 1.66. The summed E-state index contributed by atoms with van der Waals surface area (Å²) >= 11 is 6.11. The van der Waals surface area contributed by atoms with E-state index in [1.54, 1.807) is 7.11 Å². The highest BCUT2D eigenvalue weighted by Gasteiger charge is 2.40. The highest BCUT2D eigenvalue weighted by molar-refractivity contribution is 6.31. The van der Waals surface area contributed by atoms with Crippen molar-refractivity contribution in [1.82, 2.24) is 0 Å². The monoisotopic (exact) mass is 211 g/mol. The topological polar surface area (TPSA) is 35.2 Å². The molecule has 0 heterocycles. The Bertz CT molecular complexity index is 347. The molecule has 0 aromatic heterocycles. The summed E-state index contributed by atoms with van der Waals surface area (Å²) in [5.74, 6) is 0. The van der Waals surface area contributed by atoms with Crippen molar-refractivity contribution in [3.63, 3.8) is 0 Å². The van der Waals surface area contributed by atoms with Crippen LogP contribution in [0.2, 0.25) is 5.02 Å². The van der Waals surface area contributed by atoms with E-state index in [1.807, 2.05) is 18.2 Å². The zero-order valence-electron chi connectivity index (χ0n) is 8.22. The van der Waals surface area contributed by atoms with Gasteiger partial charge in [-0.05, 0) is 30.0 Å². The summed E-state index contributed by atoms with van der Waals surface area (Å²) < 4.78 is 5.03. The number of hydrogen-bond acceptors (Lipinski definition) is 2. The van der Waals surface area contributed by atoms with Gasteiger partial charge in [-0.25, -0.2) is 0 Å². The second kappa shape index (κ2) is 3.54. The van der Waals surface area contributed by atoms with Gasteiger partial charge in [0.2, 0.25) is 0 Å². The summed E-state index contributed by atoms with van der Waals surface area (Å²) in [5.41, 5.74) is 8.13. The maximum Gasteiger partial charge on any atom is 0.0727 e. The van der Waals surface area contributed by atoms with Crippen LogP contribution in [0.25, 0.3) is 0 Å². The molecule has 0 saturated heterocycles. The number of methoxy groups -OCH3 is 1. The van der Waals surface area contributed by atoms with E-state index in [-0.39, 0.29) is 5.54 Å². The third-order valence-corrected chi connectivity index (χ3v) is 3.07. The van der Waals surface area contributed by atoms with Crippen molar-refractivity contribution >= 4 is 11.6 Å². The summed E-state index contributed by atoms with van der Waals surface area (Å²) in [6.07, 6.45) is 2.12. The highest BCUT2D eigenvalue weighted by atomic mass is 35.5. The Hall–Kier alpha value is -0.570. The largest absolute Gasteiger partial charge is 0.380 e. The van der Waals surface area contributed by atoms with E-state index in [0.717, 1.165) is 29.0 Å². The van der Waals surface area contributed by atoms with Gasteiger partial charge in [0.1, 0.15) is 0 Å². The minimum atomic E-state index is -0.102. The lowest BCUT2D eigenvalue weighted by atomic mass is 10.0. The Morgan fingerprint density at radius 3 is 2.71 bits per heavy atom. The standard InChI is InChI=1S/C11H14ClNO/c1-14-7-8-2-3-9(6-10(8)12)11(13)4-5-11/h2-3,6H,4-5,7,13H2,1H3. The van der Waals surface area contributed by atoms with E-state index < -0.39 is 0 Å². The first-order chi connectivity index (χ1) is 6.65. The molecule has 2 rings (SSSR count). The Balaban J connectivity index is 2.26. The van der Waals surface area contributed by atoms with Gasteiger partial charge in [0.15, 0.2) is 0 Å². The number of rotatable bonds is 3. The fourth-order valence-electron chi connectivity index (χ4n) is 1.55. The van der Waals surface area contributed by atoms with Crippen molar-refractivity contribution < 1.29 is 4.74 Å². The van der Waals surface area contributed by atoms with Crippen LogP contribution in [0.15, 0.2) is 18.2 Å². The van der Waals surface area contributed by atoms with Crippen molar-refractivity contribution in [1.29, 1.82) is 0 Å². The lowest BCUT2D eigenvalue weighted by molar-refractivity contribution is 0.185. The maximum atomic E-state index is 6.11. The third kappa shape index (κ3) is 1.78. The second-order valence-corrected chi connectivity index (χ2v) is 4.30. The maximum absolute atomic E-state index is 6.11. The molecule has 2 N–H and O–H groups in total. The smallest absolute Gasteiger partial charge is 0.0727 e. The van der Waals surface area contributed by atoms with E-state index in [4.69, 9.17) is 22.1 Å². The number of hydrogen-bond donors (Lipinski definition) is 1. The van der Waals surface area contributed by atoms with Gasteiger partial charge in [0, 0.05) is 17.7 Å². The van der Waals surface area contributed by atoms with Crippen LogP contribution in [0.5, 0.6) is 0 Å². The summed E-state index contributed by atoms with van der Waals surface area (Å²) in [6.45, 7) is 0.552. The van der Waals surface area contributed by atoms with E-state index in [0.29, 0.717) is 6.61 Å². The van der Waals surface area contributed by atoms with Crippen LogP contribution in [-0.2, 0) is 16.9 Å². The number of nitrogens with two attached hydrogens (primary N) is 1. The van der Waals surface area contributed by atoms with Gasteiger partial charge in [-0.2, -0.15) is 0 Å². The lowest BCUT2D eigenvalue weighted by Crippen LogP contribution is -2.18. The molecule has 0 bridgehead atoms. The third-order valence-electron chi connectivity index (χ3n) is 2.72. The van der Waals surface area contributed by atoms with E-state index in [2.05, 4.69) is 0 Å². The van der Waals surface area contributed by atoms with Gasteiger partial charge in [0.25, 0.3) is 0 Å². The van der Waals surface area contributed by atoms with Crippen molar-refractivity contribution in [3.05, 3.63) is 34.3 Å². The molecular formula is C11H14ClNO. The molecule has 0 unspecified atom stereocenters. The summed E-state index contributed by atoms with van der Waals surface area (Å²) in [4.78, 5) is 0. The first kappa shape index (κ1) is 9.97. The van der Waals surface area contributed by atoms with Gasteiger partial charge >= 0.3 is 0 Å². The highest BCUT2D eigenvalue weighted by Crippen LogP contribution is 2.43. The van der Waals surface area contributed by atoms with Gasteiger partial charge in [-0.3, -0.25) is 0 Å². The predicted octanol–water partition coefficient (Wildman–Crippen LogP) is 2.43. The van der Waals surface area contributed by atoms with Crippen molar-refractivity contribution in [2.45, 2.75) is 25.0 Å². The molecule has 1 aliphatic rings. The minimum Gasteiger partial charge on any atom is -0.380 e. The average molecular weight is 212 g/mol. The van der Waals surface area contributed by atoms with E-state index >= 15 is 0 Å². The molecule has 0 atom stereocenters. The van der Waals surface area contributed by atoms with Crippen molar-refractivity contribution in [2.24, 2.45) is 5.73 Å². The quantitative estimate of drug-likeness (QED) is 0.834. The molecule has 3 heteroatoms. The fraction of sp³-hybridized carbons (Fsp3) is 0.455. The van der Waals surface area contributed by atoms with Crippen LogP contribution in [-0.4, -0.2) is 7.11 Å². The van der Waals surface area contributed by atoms with Crippen LogP contribution in [0.4, 0.5) is 0 Å². The summed E-state index contributed by atoms with van der Waals surface area (Å²) in [6, 6.07) is 6.00. The van der Waals surface area contributed by atoms with Crippen LogP contribution in [0.1, 0.15) is 24.0 Å². The van der Waals surface area contributed by atoms with Gasteiger partial charge in [-0.15, -0.1) is 0 Å². The lowest BCUT2D eigenvalue weighted by Gasteiger charge is -2.11. The molecule has 14 heavy (non-hydrogen) atoms. The van der Waals surface area contributed by atoms with Gasteiger partial charge in [-0.1, -0.05) is 23.7 Å². The minimum absolute atomic E-state index is 0.102. The van der Waals surface area contributed by atoms with Crippen LogP contribution in [0, 0.1) is 0 Å². The number of benzene rings is 1. The molecule has 0 amide bonds. The predicted molar refractivity (Wildman–Crippen MR) is 57.3 cm³/mol. The molecule has 1 aromatic carbocycles. The molecule has 1 saturated carbocycles. The molecule has 0 aliphatic heterocycles. The van der Waals surface area contributed by atoms with Crippen molar-refractivity contribution in [2.75, 3.05) is 7.11 Å². The Kier molecular flexibility index (Phi) is 2.52. The molecule has 2 nitrogen and oxygen atoms in total. The molecule has 0 radical (unpaired) electrons. The van der Waals surface area contributed by atoms with E-state index in [1.165, 1.54) is 0 Å². The number of halogens is 1. The van der Waals surface area contributed by atoms with Crippen LogP contribution < -0.4 is 5.73 Å². The Morgan fingerprint density at radius 1 is 1.50 bits per heavy atom. The van der Waals surface area contributed by atoms with E-state index in [9.17, 15) is 0 Å². The average Bonchev–Trinajstić information content (AvgIpc) is 2.89. The number of ether oxygens (including phenoxy) is 1. The second-order valence-electron chi connectivity index (χ2n) is 3.90.